The van der Waals surface area contributed by atoms with E-state index < -0.39 is 9.84 Å². The van der Waals surface area contributed by atoms with Crippen LogP contribution in [0, 0.1) is 5.92 Å². The van der Waals surface area contributed by atoms with Crippen LogP contribution in [0.5, 0.6) is 0 Å². The van der Waals surface area contributed by atoms with Crippen molar-refractivity contribution >= 4 is 9.84 Å². The van der Waals surface area contributed by atoms with Crippen molar-refractivity contribution in [1.29, 1.82) is 0 Å². The summed E-state index contributed by atoms with van der Waals surface area (Å²) >= 11 is 0. The van der Waals surface area contributed by atoms with Gasteiger partial charge in [-0.15, -0.1) is 0 Å². The molecule has 0 spiro atoms. The summed E-state index contributed by atoms with van der Waals surface area (Å²) in [5, 5.41) is 3.09. The van der Waals surface area contributed by atoms with Crippen LogP contribution in [0.2, 0.25) is 0 Å². The molecule has 0 amide bonds. The first-order valence-corrected chi connectivity index (χ1v) is 6.87. The van der Waals surface area contributed by atoms with E-state index in [4.69, 9.17) is 0 Å². The lowest BCUT2D eigenvalue weighted by Gasteiger charge is -2.26. The number of hydrogen-bond acceptors (Lipinski definition) is 3. The summed E-state index contributed by atoms with van der Waals surface area (Å²) in [4.78, 5) is 0. The van der Waals surface area contributed by atoms with Crippen LogP contribution in [-0.2, 0) is 9.84 Å². The SMILES string of the molecule is CCCCCS(=O)(=O)CC1CNC1. The monoisotopic (exact) mass is 205 g/mol. The van der Waals surface area contributed by atoms with Crippen molar-refractivity contribution in [2.45, 2.75) is 26.2 Å². The van der Waals surface area contributed by atoms with Crippen LogP contribution >= 0.6 is 0 Å². The standard InChI is InChI=1S/C9H19NO2S/c1-2-3-4-5-13(11,12)8-9-6-10-7-9/h9-10H,2-8H2,1H3. The molecular weight excluding hydrogens is 186 g/mol. The smallest absolute Gasteiger partial charge is 0.150 e. The lowest BCUT2D eigenvalue weighted by molar-refractivity contribution is 0.378. The molecule has 13 heavy (non-hydrogen) atoms. The molecule has 1 fully saturated rings. The van der Waals surface area contributed by atoms with Gasteiger partial charge in [0.05, 0.1) is 11.5 Å². The van der Waals surface area contributed by atoms with Crippen molar-refractivity contribution in [1.82, 2.24) is 5.32 Å². The minimum atomic E-state index is -2.75. The molecule has 0 radical (unpaired) electrons. The van der Waals surface area contributed by atoms with Gasteiger partial charge in [0.2, 0.25) is 0 Å². The average Bonchev–Trinajstić information content (AvgIpc) is 1.98. The number of unbranched alkanes of at least 4 members (excludes halogenated alkanes) is 2. The molecule has 1 aliphatic heterocycles. The molecule has 1 heterocycles. The van der Waals surface area contributed by atoms with Crippen LogP contribution in [-0.4, -0.2) is 33.0 Å². The predicted octanol–water partition coefficient (Wildman–Crippen LogP) is 0.811. The molecule has 0 saturated carbocycles. The van der Waals surface area contributed by atoms with Gasteiger partial charge in [-0.2, -0.15) is 0 Å². The van der Waals surface area contributed by atoms with E-state index in [1.165, 1.54) is 0 Å². The van der Waals surface area contributed by atoms with Crippen LogP contribution in [0.25, 0.3) is 0 Å². The molecule has 1 saturated heterocycles. The van der Waals surface area contributed by atoms with Crippen LogP contribution in [0.1, 0.15) is 26.2 Å². The molecule has 4 heteroatoms. The zero-order valence-electron chi connectivity index (χ0n) is 8.25. The van der Waals surface area contributed by atoms with Gasteiger partial charge in [0.15, 0.2) is 9.84 Å². The van der Waals surface area contributed by atoms with Gasteiger partial charge in [-0.1, -0.05) is 19.8 Å². The van der Waals surface area contributed by atoms with Gasteiger partial charge < -0.3 is 5.32 Å². The largest absolute Gasteiger partial charge is 0.316 e. The fourth-order valence-corrected chi connectivity index (χ4v) is 3.25. The summed E-state index contributed by atoms with van der Waals surface area (Å²) in [6.07, 6.45) is 2.95. The third-order valence-corrected chi connectivity index (χ3v) is 4.30. The minimum absolute atomic E-state index is 0.381. The molecule has 0 atom stereocenters. The van der Waals surface area contributed by atoms with Gasteiger partial charge in [0.1, 0.15) is 0 Å². The number of nitrogens with one attached hydrogen (secondary N) is 1. The van der Waals surface area contributed by atoms with Crippen LogP contribution in [0.15, 0.2) is 0 Å². The van der Waals surface area contributed by atoms with Gasteiger partial charge >= 0.3 is 0 Å². The molecule has 0 aliphatic carbocycles. The first-order valence-electron chi connectivity index (χ1n) is 5.05. The fourth-order valence-electron chi connectivity index (χ4n) is 1.48. The summed E-state index contributed by atoms with van der Waals surface area (Å²) in [6.45, 7) is 3.85. The average molecular weight is 205 g/mol. The van der Waals surface area contributed by atoms with Crippen molar-refractivity contribution in [3.63, 3.8) is 0 Å². The Bertz CT molecular complexity index is 232. The second-order valence-electron chi connectivity index (χ2n) is 3.85. The first-order chi connectivity index (χ1) is 6.14. The van der Waals surface area contributed by atoms with E-state index >= 15 is 0 Å². The maximum Gasteiger partial charge on any atom is 0.150 e. The van der Waals surface area contributed by atoms with Crippen molar-refractivity contribution in [2.75, 3.05) is 24.6 Å². The maximum atomic E-state index is 11.5. The molecule has 1 rings (SSSR count). The normalized spacial score (nSPS) is 18.5. The van der Waals surface area contributed by atoms with Crippen molar-refractivity contribution in [3.8, 4) is 0 Å². The van der Waals surface area contributed by atoms with Gasteiger partial charge in [-0.05, 0) is 12.3 Å². The molecule has 1 aliphatic rings. The van der Waals surface area contributed by atoms with E-state index in [0.29, 0.717) is 17.4 Å². The Kier molecular flexibility index (Phi) is 4.19. The molecule has 78 valence electrons. The predicted molar refractivity (Wildman–Crippen MR) is 54.5 cm³/mol. The molecule has 0 aromatic rings. The van der Waals surface area contributed by atoms with Crippen molar-refractivity contribution in [3.05, 3.63) is 0 Å². The van der Waals surface area contributed by atoms with Crippen molar-refractivity contribution < 1.29 is 8.42 Å². The van der Waals surface area contributed by atoms with Gasteiger partial charge in [-0.25, -0.2) is 8.42 Å². The van der Waals surface area contributed by atoms with E-state index in [1.54, 1.807) is 0 Å². The Labute approximate surface area is 80.8 Å². The summed E-state index contributed by atoms with van der Waals surface area (Å²) in [5.74, 6) is 1.16. The Hall–Kier alpha value is -0.0900. The highest BCUT2D eigenvalue weighted by Gasteiger charge is 2.23. The van der Waals surface area contributed by atoms with E-state index in [-0.39, 0.29) is 0 Å². The molecule has 3 nitrogen and oxygen atoms in total. The lowest BCUT2D eigenvalue weighted by atomic mass is 10.1. The summed E-state index contributed by atoms with van der Waals surface area (Å²) in [7, 11) is -2.75. The highest BCUT2D eigenvalue weighted by molar-refractivity contribution is 7.91. The van der Waals surface area contributed by atoms with Crippen LogP contribution in [0.4, 0.5) is 0 Å². The molecular formula is C9H19NO2S. The van der Waals surface area contributed by atoms with E-state index in [2.05, 4.69) is 12.2 Å². The summed E-state index contributed by atoms with van der Waals surface area (Å²) in [6, 6.07) is 0. The van der Waals surface area contributed by atoms with Gasteiger partial charge in [0, 0.05) is 13.1 Å². The fraction of sp³-hybridized carbons (Fsp3) is 1.00. The Morgan fingerprint density at radius 2 is 2.00 bits per heavy atom. The third-order valence-electron chi connectivity index (χ3n) is 2.41. The van der Waals surface area contributed by atoms with E-state index in [0.717, 1.165) is 32.4 Å². The molecule has 1 N–H and O–H groups in total. The topological polar surface area (TPSA) is 46.2 Å². The molecule has 0 aromatic carbocycles. The maximum absolute atomic E-state index is 11.5. The zero-order chi connectivity index (χ0) is 9.73. The van der Waals surface area contributed by atoms with Gasteiger partial charge in [-0.3, -0.25) is 0 Å². The number of hydrogen-bond donors (Lipinski definition) is 1. The summed E-state index contributed by atoms with van der Waals surface area (Å²) in [5.41, 5.74) is 0. The quantitative estimate of drug-likeness (QED) is 0.653. The summed E-state index contributed by atoms with van der Waals surface area (Å²) < 4.78 is 23.0. The second-order valence-corrected chi connectivity index (χ2v) is 6.07. The Morgan fingerprint density at radius 1 is 1.31 bits per heavy atom. The number of rotatable bonds is 6. The van der Waals surface area contributed by atoms with Crippen molar-refractivity contribution in [2.24, 2.45) is 5.92 Å². The highest BCUT2D eigenvalue weighted by atomic mass is 32.2. The highest BCUT2D eigenvalue weighted by Crippen LogP contribution is 2.09. The Balaban J connectivity index is 2.20. The second kappa shape index (κ2) is 4.96. The van der Waals surface area contributed by atoms with Gasteiger partial charge in [0.25, 0.3) is 0 Å². The van der Waals surface area contributed by atoms with Crippen LogP contribution < -0.4 is 5.32 Å². The lowest BCUT2D eigenvalue weighted by Crippen LogP contribution is -2.45. The molecule has 0 aromatic heterocycles. The Morgan fingerprint density at radius 3 is 2.46 bits per heavy atom. The van der Waals surface area contributed by atoms with E-state index in [1.807, 2.05) is 0 Å². The molecule has 0 unspecified atom stereocenters. The first kappa shape index (κ1) is 11.0. The number of sulfone groups is 1. The molecule has 0 bridgehead atoms. The third kappa shape index (κ3) is 4.09. The minimum Gasteiger partial charge on any atom is -0.316 e. The zero-order valence-corrected chi connectivity index (χ0v) is 9.07. The van der Waals surface area contributed by atoms with Crippen LogP contribution in [0.3, 0.4) is 0 Å². The van der Waals surface area contributed by atoms with E-state index in [9.17, 15) is 8.42 Å².